The van der Waals surface area contributed by atoms with E-state index in [1.165, 1.54) is 0 Å². The minimum Gasteiger partial charge on any atom is -0.483 e. The first-order chi connectivity index (χ1) is 21.7. The molecule has 1 aromatic carbocycles. The molecule has 0 spiro atoms. The molecule has 4 bridgehead atoms. The van der Waals surface area contributed by atoms with Gasteiger partial charge < -0.3 is 28.1 Å². The summed E-state index contributed by atoms with van der Waals surface area (Å²) in [6, 6.07) is 5.08. The molecule has 5 aliphatic rings. The number of hydrogen-bond acceptors (Lipinski definition) is 11. The van der Waals surface area contributed by atoms with E-state index in [1.54, 1.807) is 45.9 Å². The number of fused-ring (bicyclic) bond motifs is 7. The van der Waals surface area contributed by atoms with Crippen LogP contribution in [-0.4, -0.2) is 46.8 Å². The first kappa shape index (κ1) is 32.2. The van der Waals surface area contributed by atoms with E-state index in [0.29, 0.717) is 23.8 Å². The molecule has 3 aliphatic heterocycles. The maximum absolute atomic E-state index is 14.5. The highest BCUT2D eigenvalue weighted by Gasteiger charge is 2.78. The van der Waals surface area contributed by atoms with Crippen LogP contribution in [0.4, 0.5) is 0 Å². The molecule has 2 saturated carbocycles. The summed E-state index contributed by atoms with van der Waals surface area (Å²) < 4.78 is 36.6. The molecule has 0 amide bonds. The van der Waals surface area contributed by atoms with Gasteiger partial charge in [0.25, 0.3) is 0 Å². The van der Waals surface area contributed by atoms with E-state index in [0.717, 1.165) is 0 Å². The molecule has 252 valence electrons. The Morgan fingerprint density at radius 1 is 0.787 bits per heavy atom. The molecule has 2 aromatic rings. The van der Waals surface area contributed by atoms with Crippen LogP contribution in [-0.2, 0) is 43.5 Å². The Bertz CT molecular complexity index is 1860. The number of rotatable bonds is 5. The van der Waals surface area contributed by atoms with Crippen LogP contribution in [0, 0.1) is 21.7 Å². The summed E-state index contributed by atoms with van der Waals surface area (Å²) in [7, 11) is 0. The second-order valence-corrected chi connectivity index (χ2v) is 16.4. The van der Waals surface area contributed by atoms with Crippen LogP contribution >= 0.6 is 15.9 Å². The largest absolute Gasteiger partial charge is 0.483 e. The molecule has 11 nitrogen and oxygen atoms in total. The minimum atomic E-state index is -1.60. The fraction of sp³-hybridized carbons (Fsp3) is 0.629. The lowest BCUT2D eigenvalue weighted by Gasteiger charge is -2.45. The van der Waals surface area contributed by atoms with Crippen molar-refractivity contribution in [3.63, 3.8) is 0 Å². The third-order valence-electron chi connectivity index (χ3n) is 13.0. The van der Waals surface area contributed by atoms with E-state index in [-0.39, 0.29) is 35.1 Å². The average molecular weight is 716 g/mol. The zero-order valence-electron chi connectivity index (χ0n) is 27.8. The topological polar surface area (TPSA) is 145 Å². The summed E-state index contributed by atoms with van der Waals surface area (Å²) in [6.07, 6.45) is -1.30. The second-order valence-electron chi connectivity index (χ2n) is 15.8. The van der Waals surface area contributed by atoms with Crippen LogP contribution in [0.2, 0.25) is 0 Å². The van der Waals surface area contributed by atoms with E-state index < -0.39 is 80.2 Å². The van der Waals surface area contributed by atoms with Crippen molar-refractivity contribution in [3.8, 4) is 5.75 Å². The maximum atomic E-state index is 14.5. The Morgan fingerprint density at radius 3 is 1.79 bits per heavy atom. The van der Waals surface area contributed by atoms with Gasteiger partial charge in [-0.15, -0.1) is 0 Å². The van der Waals surface area contributed by atoms with Gasteiger partial charge in [-0.05, 0) is 71.6 Å². The Morgan fingerprint density at radius 2 is 1.32 bits per heavy atom. The molecular weight excluding hydrogens is 676 g/mol. The first-order valence-corrected chi connectivity index (χ1v) is 17.1. The van der Waals surface area contributed by atoms with Crippen molar-refractivity contribution < 1.29 is 47.3 Å². The number of ether oxygens (including phenoxy) is 5. The van der Waals surface area contributed by atoms with Gasteiger partial charge in [0, 0.05) is 27.1 Å². The van der Waals surface area contributed by atoms with Crippen molar-refractivity contribution in [3.05, 3.63) is 39.7 Å². The number of carbonyl (C=O) groups is 4. The van der Waals surface area contributed by atoms with Gasteiger partial charge in [-0.3, -0.25) is 9.59 Å². The summed E-state index contributed by atoms with van der Waals surface area (Å²) >= 11 is 3.32. The molecule has 0 N–H and O–H groups in total. The van der Waals surface area contributed by atoms with Gasteiger partial charge in [0.15, 0.2) is 12.2 Å². The zero-order valence-corrected chi connectivity index (χ0v) is 29.4. The highest BCUT2D eigenvalue weighted by Crippen LogP contribution is 2.67. The summed E-state index contributed by atoms with van der Waals surface area (Å²) in [5, 5.41) is 0.782. The standard InChI is InChI=1S/C35H39BrO11/c1-29(2)23(44-28(41)35-14-12-33(8,26(39)47-35)31(35,5)6)22(43-27(40)34-13-11-32(7,25(38)46-34)30(34,3)4)20-19(45-29)10-9-17-15-18(16-36)24(37)42-21(17)20/h9-10,15,22-23H,11-14,16H2,1-8H3/t22-,23-,32+,33+,34-,35-/m1/s1. The van der Waals surface area contributed by atoms with Crippen LogP contribution in [0.5, 0.6) is 5.75 Å². The fourth-order valence-electron chi connectivity index (χ4n) is 8.69. The van der Waals surface area contributed by atoms with Gasteiger partial charge in [-0.2, -0.15) is 0 Å². The Balaban J connectivity index is 1.37. The van der Waals surface area contributed by atoms with E-state index in [9.17, 15) is 24.0 Å². The van der Waals surface area contributed by atoms with Crippen molar-refractivity contribution in [1.29, 1.82) is 0 Å². The lowest BCUT2D eigenvalue weighted by Crippen LogP contribution is -2.57. The summed E-state index contributed by atoms with van der Waals surface area (Å²) in [4.78, 5) is 67.9. The lowest BCUT2D eigenvalue weighted by atomic mass is 9.66. The van der Waals surface area contributed by atoms with Gasteiger partial charge in [0.05, 0.1) is 16.4 Å². The van der Waals surface area contributed by atoms with Gasteiger partial charge in [-0.25, -0.2) is 14.4 Å². The highest BCUT2D eigenvalue weighted by atomic mass is 79.9. The number of carbonyl (C=O) groups excluding carboxylic acids is 4. The predicted octanol–water partition coefficient (Wildman–Crippen LogP) is 5.60. The molecule has 12 heteroatoms. The Labute approximate surface area is 280 Å². The summed E-state index contributed by atoms with van der Waals surface area (Å²) in [5.41, 5.74) is -8.02. The molecule has 6 atom stereocenters. The van der Waals surface area contributed by atoms with E-state index in [2.05, 4.69) is 15.9 Å². The van der Waals surface area contributed by atoms with Crippen molar-refractivity contribution >= 4 is 50.8 Å². The van der Waals surface area contributed by atoms with Gasteiger partial charge in [0.1, 0.15) is 16.9 Å². The number of benzene rings is 1. The highest BCUT2D eigenvalue weighted by molar-refractivity contribution is 9.08. The minimum absolute atomic E-state index is 0.0993. The van der Waals surface area contributed by atoms with Crippen LogP contribution < -0.4 is 10.4 Å². The number of esters is 4. The lowest BCUT2D eigenvalue weighted by molar-refractivity contribution is -0.217. The molecule has 47 heavy (non-hydrogen) atoms. The summed E-state index contributed by atoms with van der Waals surface area (Å²) in [6.45, 7) is 14.2. The van der Waals surface area contributed by atoms with Gasteiger partial charge >= 0.3 is 29.5 Å². The van der Waals surface area contributed by atoms with Gasteiger partial charge in [-0.1, -0.05) is 43.6 Å². The summed E-state index contributed by atoms with van der Waals surface area (Å²) in [5.74, 6) is -2.28. The van der Waals surface area contributed by atoms with E-state index in [1.807, 2.05) is 27.7 Å². The monoisotopic (exact) mass is 714 g/mol. The van der Waals surface area contributed by atoms with E-state index >= 15 is 0 Å². The SMILES string of the molecule is CC1(C)Oc2ccc3cc(CBr)c(=O)oc3c2[C@@H](OC(=O)[C@@]23CC[C@@](C)(C(=O)O2)C3(C)C)[C@H]1OC(=O)[C@@]12CC[C@@](C)(C(=O)O1)C2(C)C. The molecule has 4 fully saturated rings. The molecule has 4 heterocycles. The smallest absolute Gasteiger partial charge is 0.351 e. The fourth-order valence-corrected chi connectivity index (χ4v) is 9.08. The van der Waals surface area contributed by atoms with Crippen molar-refractivity contribution in [2.75, 3.05) is 0 Å². The zero-order chi connectivity index (χ0) is 34.3. The van der Waals surface area contributed by atoms with Crippen molar-refractivity contribution in [2.24, 2.45) is 21.7 Å². The number of hydrogen-bond donors (Lipinski definition) is 0. The quantitative estimate of drug-likeness (QED) is 0.165. The molecule has 1 aromatic heterocycles. The third-order valence-corrected chi connectivity index (χ3v) is 13.6. The van der Waals surface area contributed by atoms with Crippen molar-refractivity contribution in [2.45, 2.75) is 115 Å². The Hall–Kier alpha value is -3.41. The van der Waals surface area contributed by atoms with E-state index in [4.69, 9.17) is 28.1 Å². The van der Waals surface area contributed by atoms with Crippen LogP contribution in [0.1, 0.15) is 98.3 Å². The van der Waals surface area contributed by atoms with Gasteiger partial charge in [0.2, 0.25) is 11.2 Å². The number of alkyl halides is 1. The number of halogens is 1. The maximum Gasteiger partial charge on any atom is 0.351 e. The second kappa shape index (κ2) is 9.39. The Kier molecular flexibility index (Phi) is 6.42. The first-order valence-electron chi connectivity index (χ1n) is 16.0. The molecule has 0 radical (unpaired) electrons. The molecular formula is C35H39BrO11. The third kappa shape index (κ3) is 3.65. The normalized spacial score (nSPS) is 36.8. The van der Waals surface area contributed by atoms with Crippen LogP contribution in [0.15, 0.2) is 27.4 Å². The van der Waals surface area contributed by atoms with Crippen LogP contribution in [0.3, 0.4) is 0 Å². The average Bonchev–Trinajstić information content (AvgIpc) is 3.46. The molecule has 7 rings (SSSR count). The molecule has 2 aliphatic carbocycles. The molecule has 2 saturated heterocycles. The van der Waals surface area contributed by atoms with Crippen molar-refractivity contribution in [1.82, 2.24) is 0 Å². The molecule has 0 unspecified atom stereocenters. The van der Waals surface area contributed by atoms with Crippen LogP contribution in [0.25, 0.3) is 11.0 Å². The predicted molar refractivity (Wildman–Crippen MR) is 168 cm³/mol.